The molecule has 3 saturated carbocycles. The second-order valence-electron chi connectivity index (χ2n) is 10.9. The highest BCUT2D eigenvalue weighted by atomic mass is 35.5. The third-order valence-electron chi connectivity index (χ3n) is 8.10. The Morgan fingerprint density at radius 2 is 1.80 bits per heavy atom. The molecule has 1 aromatic heterocycles. The number of hydrogen-bond acceptors (Lipinski definition) is 4. The van der Waals surface area contributed by atoms with Crippen molar-refractivity contribution in [2.24, 2.45) is 18.9 Å². The van der Waals surface area contributed by atoms with Gasteiger partial charge in [-0.15, -0.1) is 0 Å². The van der Waals surface area contributed by atoms with Crippen molar-refractivity contribution in [3.63, 3.8) is 0 Å². The SMILES string of the molecule is Cn1cnc(C2CC3CC(O)(CCC4(O)CC(F)(F)C4)CC3C2)c1C(=O)Nc1ccc(F)c(Cl)c1. The van der Waals surface area contributed by atoms with Crippen LogP contribution in [0.4, 0.5) is 18.9 Å². The third kappa shape index (κ3) is 4.82. The molecule has 1 heterocycles. The molecule has 2 aromatic rings. The quantitative estimate of drug-likeness (QED) is 0.507. The van der Waals surface area contributed by atoms with Gasteiger partial charge in [0.15, 0.2) is 0 Å². The van der Waals surface area contributed by atoms with Gasteiger partial charge in [-0.3, -0.25) is 4.79 Å². The fourth-order valence-corrected chi connectivity index (χ4v) is 6.72. The number of carbonyl (C=O) groups is 1. The van der Waals surface area contributed by atoms with Gasteiger partial charge in [-0.2, -0.15) is 0 Å². The number of anilines is 1. The summed E-state index contributed by atoms with van der Waals surface area (Å²) >= 11 is 5.83. The maximum Gasteiger partial charge on any atom is 0.274 e. The molecule has 3 aliphatic rings. The van der Waals surface area contributed by atoms with Crippen molar-refractivity contribution < 1.29 is 28.2 Å². The van der Waals surface area contributed by atoms with E-state index in [1.165, 1.54) is 18.2 Å². The van der Waals surface area contributed by atoms with Crippen LogP contribution in [-0.4, -0.2) is 42.8 Å². The van der Waals surface area contributed by atoms with Gasteiger partial charge in [0.25, 0.3) is 11.8 Å². The zero-order chi connectivity index (χ0) is 25.2. The number of imidazole rings is 1. The van der Waals surface area contributed by atoms with E-state index in [9.17, 15) is 28.2 Å². The average molecular weight is 512 g/mol. The monoisotopic (exact) mass is 511 g/mol. The van der Waals surface area contributed by atoms with Gasteiger partial charge in [0.2, 0.25) is 0 Å². The molecule has 1 aromatic carbocycles. The minimum Gasteiger partial charge on any atom is -0.390 e. The first-order valence-electron chi connectivity index (χ1n) is 12.0. The Labute approximate surface area is 206 Å². The molecule has 5 rings (SSSR count). The number of benzene rings is 1. The van der Waals surface area contributed by atoms with Gasteiger partial charge in [-0.05, 0) is 68.6 Å². The lowest BCUT2D eigenvalue weighted by Gasteiger charge is -2.44. The number of fused-ring (bicyclic) bond motifs is 1. The van der Waals surface area contributed by atoms with Gasteiger partial charge < -0.3 is 20.1 Å². The first-order valence-corrected chi connectivity index (χ1v) is 12.3. The maximum atomic E-state index is 13.4. The summed E-state index contributed by atoms with van der Waals surface area (Å²) in [5.41, 5.74) is -0.814. The predicted octanol–water partition coefficient (Wildman–Crippen LogP) is 5.04. The van der Waals surface area contributed by atoms with E-state index in [1.807, 2.05) is 0 Å². The van der Waals surface area contributed by atoms with Crippen LogP contribution in [0.25, 0.3) is 0 Å². The van der Waals surface area contributed by atoms with E-state index in [4.69, 9.17) is 11.6 Å². The Bertz CT molecular complexity index is 1130. The number of halogens is 4. The number of nitrogens with zero attached hydrogens (tertiary/aromatic N) is 2. The molecule has 3 N–H and O–H groups in total. The second-order valence-corrected chi connectivity index (χ2v) is 11.3. The van der Waals surface area contributed by atoms with Gasteiger partial charge in [0.1, 0.15) is 11.5 Å². The van der Waals surface area contributed by atoms with Crippen LogP contribution in [0.2, 0.25) is 5.02 Å². The summed E-state index contributed by atoms with van der Waals surface area (Å²) in [5, 5.41) is 24.0. The third-order valence-corrected chi connectivity index (χ3v) is 8.39. The summed E-state index contributed by atoms with van der Waals surface area (Å²) in [5.74, 6) is -3.17. The molecule has 0 spiro atoms. The molecule has 6 nitrogen and oxygen atoms in total. The number of aliphatic hydroxyl groups is 2. The minimum atomic E-state index is -2.80. The second kappa shape index (κ2) is 8.49. The summed E-state index contributed by atoms with van der Waals surface area (Å²) in [4.78, 5) is 17.6. The predicted molar refractivity (Wildman–Crippen MR) is 124 cm³/mol. The zero-order valence-electron chi connectivity index (χ0n) is 19.4. The summed E-state index contributed by atoms with van der Waals surface area (Å²) in [6, 6.07) is 3.99. The fourth-order valence-electron chi connectivity index (χ4n) is 6.54. The van der Waals surface area contributed by atoms with Crippen molar-refractivity contribution in [1.82, 2.24) is 9.55 Å². The molecule has 190 valence electrons. The number of aromatic nitrogens is 2. The number of amides is 1. The van der Waals surface area contributed by atoms with Crippen molar-refractivity contribution in [3.05, 3.63) is 46.8 Å². The number of carbonyl (C=O) groups excluding carboxylic acids is 1. The fraction of sp³-hybridized carbons (Fsp3) is 0.600. The van der Waals surface area contributed by atoms with Gasteiger partial charge in [-0.1, -0.05) is 11.6 Å². The number of alkyl halides is 2. The lowest BCUT2D eigenvalue weighted by molar-refractivity contribution is -0.211. The summed E-state index contributed by atoms with van der Waals surface area (Å²) in [6.07, 6.45) is 3.70. The molecular formula is C25H29ClF3N3O3. The molecule has 3 fully saturated rings. The highest BCUT2D eigenvalue weighted by Gasteiger charge is 2.57. The summed E-state index contributed by atoms with van der Waals surface area (Å²) in [7, 11) is 1.74. The van der Waals surface area contributed by atoms with Crippen molar-refractivity contribution in [1.29, 1.82) is 0 Å². The first-order chi connectivity index (χ1) is 16.4. The summed E-state index contributed by atoms with van der Waals surface area (Å²) in [6.45, 7) is 0. The molecule has 2 unspecified atom stereocenters. The van der Waals surface area contributed by atoms with Crippen LogP contribution >= 0.6 is 11.6 Å². The smallest absolute Gasteiger partial charge is 0.274 e. The first kappa shape index (κ1) is 24.6. The molecule has 1 amide bonds. The van der Waals surface area contributed by atoms with Gasteiger partial charge in [-0.25, -0.2) is 18.2 Å². The van der Waals surface area contributed by atoms with E-state index in [0.29, 0.717) is 36.3 Å². The van der Waals surface area contributed by atoms with Gasteiger partial charge in [0, 0.05) is 31.5 Å². The molecule has 2 atom stereocenters. The van der Waals surface area contributed by atoms with Crippen LogP contribution in [0.5, 0.6) is 0 Å². The van der Waals surface area contributed by atoms with Crippen molar-refractivity contribution in [2.75, 3.05) is 5.32 Å². The van der Waals surface area contributed by atoms with Crippen LogP contribution in [0, 0.1) is 17.7 Å². The number of rotatable bonds is 6. The molecule has 0 radical (unpaired) electrons. The Balaban J connectivity index is 1.22. The van der Waals surface area contributed by atoms with Crippen LogP contribution in [0.15, 0.2) is 24.5 Å². The minimum absolute atomic E-state index is 0.0582. The normalized spacial score (nSPS) is 30.7. The van der Waals surface area contributed by atoms with Crippen LogP contribution in [0.1, 0.15) is 73.5 Å². The molecule has 0 aliphatic heterocycles. The van der Waals surface area contributed by atoms with Crippen LogP contribution < -0.4 is 5.32 Å². The summed E-state index contributed by atoms with van der Waals surface area (Å²) < 4.78 is 41.5. The largest absolute Gasteiger partial charge is 0.390 e. The Kier molecular flexibility index (Phi) is 5.96. The van der Waals surface area contributed by atoms with E-state index in [0.717, 1.165) is 12.8 Å². The molecule has 10 heteroatoms. The van der Waals surface area contributed by atoms with E-state index in [2.05, 4.69) is 10.3 Å². The number of aryl methyl sites for hydroxylation is 1. The van der Waals surface area contributed by atoms with E-state index >= 15 is 0 Å². The van der Waals surface area contributed by atoms with E-state index < -0.39 is 35.8 Å². The molecule has 35 heavy (non-hydrogen) atoms. The Morgan fingerprint density at radius 3 is 2.40 bits per heavy atom. The number of hydrogen-bond donors (Lipinski definition) is 3. The number of nitrogens with one attached hydrogen (secondary N) is 1. The highest BCUT2D eigenvalue weighted by Crippen LogP contribution is 2.56. The van der Waals surface area contributed by atoms with Crippen molar-refractivity contribution >= 4 is 23.2 Å². The zero-order valence-corrected chi connectivity index (χ0v) is 20.2. The van der Waals surface area contributed by atoms with E-state index in [1.54, 1.807) is 17.9 Å². The lowest BCUT2D eigenvalue weighted by Crippen LogP contribution is -2.52. The highest BCUT2D eigenvalue weighted by molar-refractivity contribution is 6.31. The Morgan fingerprint density at radius 1 is 1.17 bits per heavy atom. The van der Waals surface area contributed by atoms with Crippen LogP contribution in [0.3, 0.4) is 0 Å². The lowest BCUT2D eigenvalue weighted by atomic mass is 9.72. The standard InChI is InChI=1S/C25H29ClF3N3O3/c1-32-13-30-20(21(32)22(33)31-17-2-3-19(27)18(26)8-17)14-6-15-9-23(34,10-16(15)7-14)4-5-24(35)11-25(28,29)12-24/h2-3,8,13-16,34-35H,4-7,9-12H2,1H3,(H,31,33). The van der Waals surface area contributed by atoms with Gasteiger partial charge >= 0.3 is 0 Å². The van der Waals surface area contributed by atoms with Crippen molar-refractivity contribution in [3.8, 4) is 0 Å². The van der Waals surface area contributed by atoms with Crippen molar-refractivity contribution in [2.45, 2.75) is 74.4 Å². The average Bonchev–Trinajstić information content (AvgIpc) is 3.39. The molecule has 0 saturated heterocycles. The topological polar surface area (TPSA) is 87.4 Å². The van der Waals surface area contributed by atoms with Gasteiger partial charge in [0.05, 0.1) is 28.2 Å². The van der Waals surface area contributed by atoms with E-state index in [-0.39, 0.29) is 35.1 Å². The Hall–Kier alpha value is -2.10. The van der Waals surface area contributed by atoms with Crippen LogP contribution in [-0.2, 0) is 7.05 Å². The molecule has 0 bridgehead atoms. The maximum absolute atomic E-state index is 13.4. The molecule has 3 aliphatic carbocycles. The molecular weight excluding hydrogens is 483 g/mol.